The molecule has 2 aliphatic heterocycles. The van der Waals surface area contributed by atoms with Crippen LogP contribution in [-0.4, -0.2) is 67.6 Å². The normalized spacial score (nSPS) is 20.7. The van der Waals surface area contributed by atoms with Crippen LogP contribution in [0.25, 0.3) is 11.0 Å². The fourth-order valence-corrected chi connectivity index (χ4v) is 6.18. The first kappa shape index (κ1) is 23.7. The fourth-order valence-electron chi connectivity index (χ4n) is 4.17. The smallest absolute Gasteiger partial charge is 0.276 e. The van der Waals surface area contributed by atoms with Crippen molar-refractivity contribution in [3.05, 3.63) is 47.1 Å². The van der Waals surface area contributed by atoms with E-state index in [-0.39, 0.29) is 28.3 Å². The molecule has 0 aliphatic carbocycles. The lowest BCUT2D eigenvalue weighted by Gasteiger charge is -2.50. The number of fused-ring (bicyclic) bond motifs is 2. The quantitative estimate of drug-likeness (QED) is 0.148. The number of hydrogen-bond acceptors (Lipinski definition) is 11. The SMILES string of the molecule is CON=C(C(=O)NC1C(=O)N2C(C(=O)[O-])=C(C(C)[n+]3ccc4[nH]cnc4c3)CS[C@@H]12)c1csc(N)n1. The maximum Gasteiger partial charge on any atom is 0.276 e. The number of β-lactam (4-membered cyclic amide) rings is 1. The van der Waals surface area contributed by atoms with E-state index in [0.717, 1.165) is 22.4 Å². The summed E-state index contributed by atoms with van der Waals surface area (Å²) in [6, 6.07) is 0.496. The summed E-state index contributed by atoms with van der Waals surface area (Å²) in [5.74, 6) is -2.40. The van der Waals surface area contributed by atoms with Crippen LogP contribution in [0.4, 0.5) is 5.13 Å². The summed E-state index contributed by atoms with van der Waals surface area (Å²) in [5.41, 5.74) is 7.61. The molecule has 2 aliphatic rings. The van der Waals surface area contributed by atoms with Gasteiger partial charge in [0.05, 0.1) is 23.5 Å². The first-order valence-electron chi connectivity index (χ1n) is 10.7. The third-order valence-corrected chi connectivity index (χ3v) is 7.95. The number of aliphatic carboxylic acids is 1. The molecule has 5 rings (SSSR count). The molecule has 186 valence electrons. The van der Waals surface area contributed by atoms with E-state index < -0.39 is 29.2 Å². The Morgan fingerprint density at radius 3 is 2.97 bits per heavy atom. The number of nitrogens with two attached hydrogens (primary N) is 1. The van der Waals surface area contributed by atoms with Gasteiger partial charge in [-0.25, -0.2) is 9.97 Å². The van der Waals surface area contributed by atoms with Crippen molar-refractivity contribution in [1.82, 2.24) is 25.2 Å². The Hall–Kier alpha value is -3.98. The van der Waals surface area contributed by atoms with Crippen LogP contribution in [0.3, 0.4) is 0 Å². The zero-order valence-corrected chi connectivity index (χ0v) is 20.6. The number of aromatic nitrogens is 4. The van der Waals surface area contributed by atoms with E-state index in [9.17, 15) is 19.5 Å². The maximum absolute atomic E-state index is 13.1. The molecule has 4 N–H and O–H groups in total. The van der Waals surface area contributed by atoms with Gasteiger partial charge in [-0.2, -0.15) is 4.57 Å². The number of carbonyl (C=O) groups is 3. The van der Waals surface area contributed by atoms with Gasteiger partial charge in [-0.3, -0.25) is 14.5 Å². The van der Waals surface area contributed by atoms with Gasteiger partial charge in [0.25, 0.3) is 11.8 Å². The number of thiazole rings is 1. The minimum atomic E-state index is -1.46. The van der Waals surface area contributed by atoms with E-state index in [0.29, 0.717) is 11.3 Å². The van der Waals surface area contributed by atoms with Crippen molar-refractivity contribution in [2.75, 3.05) is 18.6 Å². The fraction of sp³-hybridized carbons (Fsp3) is 0.286. The lowest BCUT2D eigenvalue weighted by molar-refractivity contribution is -0.710. The first-order valence-corrected chi connectivity index (χ1v) is 12.6. The number of oxime groups is 1. The number of nitrogen functional groups attached to an aromatic ring is 1. The molecular formula is C21H20N8O5S2. The summed E-state index contributed by atoms with van der Waals surface area (Å²) in [7, 11) is 1.28. The number of imidazole rings is 1. The minimum absolute atomic E-state index is 0.146. The molecule has 5 heterocycles. The molecule has 0 spiro atoms. The number of nitrogens with zero attached hydrogens (tertiary/aromatic N) is 5. The third-order valence-electron chi connectivity index (χ3n) is 5.98. The Labute approximate surface area is 212 Å². The highest BCUT2D eigenvalue weighted by molar-refractivity contribution is 8.00. The van der Waals surface area contributed by atoms with Crippen LogP contribution < -0.4 is 20.7 Å². The van der Waals surface area contributed by atoms with Crippen molar-refractivity contribution in [3.8, 4) is 0 Å². The Morgan fingerprint density at radius 1 is 1.47 bits per heavy atom. The predicted octanol–water partition coefficient (Wildman–Crippen LogP) is -1.10. The van der Waals surface area contributed by atoms with Gasteiger partial charge in [-0.1, -0.05) is 5.16 Å². The molecule has 2 amide bonds. The molecular weight excluding hydrogens is 508 g/mol. The molecule has 0 aromatic carbocycles. The van der Waals surface area contributed by atoms with Crippen molar-refractivity contribution in [1.29, 1.82) is 0 Å². The molecule has 0 bridgehead atoms. The van der Waals surface area contributed by atoms with Crippen LogP contribution in [0.1, 0.15) is 18.7 Å². The topological polar surface area (TPSA) is 183 Å². The van der Waals surface area contributed by atoms with Gasteiger partial charge in [0.2, 0.25) is 0 Å². The summed E-state index contributed by atoms with van der Waals surface area (Å²) in [6.07, 6.45) is 5.19. The summed E-state index contributed by atoms with van der Waals surface area (Å²) in [4.78, 5) is 55.3. The molecule has 2 unspecified atom stereocenters. The van der Waals surface area contributed by atoms with Crippen LogP contribution in [-0.2, 0) is 19.2 Å². The van der Waals surface area contributed by atoms with Crippen molar-refractivity contribution in [2.24, 2.45) is 5.16 Å². The Kier molecular flexibility index (Phi) is 6.09. The number of rotatable bonds is 7. The highest BCUT2D eigenvalue weighted by Crippen LogP contribution is 2.42. The van der Waals surface area contributed by atoms with Crippen molar-refractivity contribution >= 4 is 62.8 Å². The molecule has 3 aromatic heterocycles. The van der Waals surface area contributed by atoms with Gasteiger partial charge in [-0.05, 0) is 0 Å². The van der Waals surface area contributed by atoms with Crippen LogP contribution >= 0.6 is 23.1 Å². The predicted molar refractivity (Wildman–Crippen MR) is 128 cm³/mol. The van der Waals surface area contributed by atoms with Crippen molar-refractivity contribution in [3.63, 3.8) is 0 Å². The molecule has 1 saturated heterocycles. The highest BCUT2D eigenvalue weighted by Gasteiger charge is 2.54. The summed E-state index contributed by atoms with van der Waals surface area (Å²) in [5, 5.41) is 19.7. The monoisotopic (exact) mass is 528 g/mol. The number of carboxylic acid groups (broad SMARTS) is 1. The number of carbonyl (C=O) groups excluding carboxylic acids is 3. The second-order valence-electron chi connectivity index (χ2n) is 7.99. The van der Waals surface area contributed by atoms with E-state index in [2.05, 4.69) is 25.4 Å². The molecule has 3 aromatic rings. The van der Waals surface area contributed by atoms with E-state index in [1.54, 1.807) is 17.9 Å². The lowest BCUT2D eigenvalue weighted by Crippen LogP contribution is -2.71. The Bertz CT molecular complexity index is 1450. The second kappa shape index (κ2) is 9.23. The zero-order chi connectivity index (χ0) is 25.6. The average Bonchev–Trinajstić information content (AvgIpc) is 3.52. The van der Waals surface area contributed by atoms with Gasteiger partial charge in [-0.15, -0.1) is 23.1 Å². The Morgan fingerprint density at radius 2 is 2.28 bits per heavy atom. The summed E-state index contributed by atoms with van der Waals surface area (Å²) in [6.45, 7) is 1.84. The number of H-pyrrole nitrogens is 1. The number of pyridine rings is 1. The lowest BCUT2D eigenvalue weighted by atomic mass is 9.99. The summed E-state index contributed by atoms with van der Waals surface area (Å²) < 4.78 is 1.83. The molecule has 1 fully saturated rings. The molecule has 0 radical (unpaired) electrons. The number of anilines is 1. The van der Waals surface area contributed by atoms with Crippen molar-refractivity contribution in [2.45, 2.75) is 24.4 Å². The molecule has 36 heavy (non-hydrogen) atoms. The number of carboxylic acids is 1. The zero-order valence-electron chi connectivity index (χ0n) is 19.0. The van der Waals surface area contributed by atoms with Gasteiger partial charge < -0.3 is 30.8 Å². The third kappa shape index (κ3) is 3.95. The number of aromatic amines is 1. The molecule has 15 heteroatoms. The summed E-state index contributed by atoms with van der Waals surface area (Å²) >= 11 is 2.47. The van der Waals surface area contributed by atoms with Gasteiger partial charge in [0.15, 0.2) is 34.8 Å². The van der Waals surface area contributed by atoms with Crippen molar-refractivity contribution < 1.29 is 28.9 Å². The number of thioether (sulfide) groups is 1. The molecule has 3 atom stereocenters. The van der Waals surface area contributed by atoms with Crippen LogP contribution in [0.2, 0.25) is 0 Å². The van der Waals surface area contributed by atoms with E-state index in [4.69, 9.17) is 10.6 Å². The van der Waals surface area contributed by atoms with E-state index in [1.165, 1.54) is 23.8 Å². The van der Waals surface area contributed by atoms with Gasteiger partial charge in [0.1, 0.15) is 24.2 Å². The largest absolute Gasteiger partial charge is 0.543 e. The van der Waals surface area contributed by atoms with Gasteiger partial charge in [0, 0.05) is 29.7 Å². The van der Waals surface area contributed by atoms with Crippen LogP contribution in [0.15, 0.2) is 46.6 Å². The number of amides is 2. The second-order valence-corrected chi connectivity index (χ2v) is 9.98. The average molecular weight is 529 g/mol. The minimum Gasteiger partial charge on any atom is -0.543 e. The maximum atomic E-state index is 13.1. The van der Waals surface area contributed by atoms with Crippen LogP contribution in [0, 0.1) is 0 Å². The molecule has 0 saturated carbocycles. The van der Waals surface area contributed by atoms with E-state index >= 15 is 0 Å². The number of hydrogen-bond donors (Lipinski definition) is 3. The van der Waals surface area contributed by atoms with Gasteiger partial charge >= 0.3 is 0 Å². The highest BCUT2D eigenvalue weighted by atomic mass is 32.2. The standard InChI is InChI=1S/C21H20N8O5S2/c1-9(28-4-3-11-12(5-28)24-8-23-11)10-6-35-19-15(18(31)29(19)16(10)20(32)33)26-17(30)14(27-34-2)13-7-36-21(22)25-13/h3-5,7-9,15,19H,6H2,1-2H3,(H4,22,25,26,30,32,33)/t9?,15?,19-/m0/s1. The van der Waals surface area contributed by atoms with E-state index in [1.807, 2.05) is 23.8 Å². The first-order chi connectivity index (χ1) is 17.3. The van der Waals surface area contributed by atoms with Crippen LogP contribution in [0.5, 0.6) is 0 Å². The molecule has 13 nitrogen and oxygen atoms in total. The Balaban J connectivity index is 1.39. The number of nitrogens with one attached hydrogen (secondary N) is 2.